The lowest BCUT2D eigenvalue weighted by Crippen LogP contribution is -2.36. The Labute approximate surface area is 140 Å². The third-order valence-electron chi connectivity index (χ3n) is 5.88. The Morgan fingerprint density at radius 3 is 2.43 bits per heavy atom. The molecule has 6 heteroatoms. The summed E-state index contributed by atoms with van der Waals surface area (Å²) in [7, 11) is 6.32. The normalized spacial score (nSPS) is 30.3. The van der Waals surface area contributed by atoms with E-state index in [1.54, 1.807) is 11.3 Å². The minimum Gasteiger partial charge on any atom is -0.337 e. The maximum atomic E-state index is 12.7. The predicted octanol–water partition coefficient (Wildman–Crippen LogP) is 2.59. The van der Waals surface area contributed by atoms with Crippen molar-refractivity contribution in [2.24, 2.45) is 11.8 Å². The Morgan fingerprint density at radius 1 is 1.17 bits per heavy atom. The van der Waals surface area contributed by atoms with Gasteiger partial charge in [0.05, 0.1) is 0 Å². The summed E-state index contributed by atoms with van der Waals surface area (Å²) in [5.74, 6) is 1.64. The smallest absolute Gasteiger partial charge is 0.274 e. The fourth-order valence-corrected chi connectivity index (χ4v) is 5.17. The van der Waals surface area contributed by atoms with Crippen LogP contribution in [0.4, 0.5) is 0 Å². The van der Waals surface area contributed by atoms with Crippen molar-refractivity contribution in [3.8, 4) is 0 Å². The number of thiazole rings is 1. The zero-order chi connectivity index (χ0) is 16.1. The highest BCUT2D eigenvalue weighted by Crippen LogP contribution is 2.46. The predicted molar refractivity (Wildman–Crippen MR) is 91.9 cm³/mol. The summed E-state index contributed by atoms with van der Waals surface area (Å²) in [6.45, 7) is 0. The number of amides is 1. The number of fused-ring (bicyclic) bond motifs is 2. The van der Waals surface area contributed by atoms with E-state index in [4.69, 9.17) is 0 Å². The first kappa shape index (κ1) is 15.1. The lowest BCUT2D eigenvalue weighted by Gasteiger charge is -2.26. The van der Waals surface area contributed by atoms with Crippen LogP contribution in [0, 0.1) is 11.8 Å². The van der Waals surface area contributed by atoms with Gasteiger partial charge in [-0.3, -0.25) is 9.20 Å². The monoisotopic (exact) mass is 332 g/mol. The van der Waals surface area contributed by atoms with E-state index in [1.165, 1.54) is 12.8 Å². The minimum absolute atomic E-state index is 0.0648. The van der Waals surface area contributed by atoms with Crippen LogP contribution < -0.4 is 0 Å². The molecule has 4 rings (SSSR count). The highest BCUT2D eigenvalue weighted by atomic mass is 32.1. The third kappa shape index (κ3) is 2.58. The van der Waals surface area contributed by atoms with E-state index in [0.29, 0.717) is 11.7 Å². The van der Waals surface area contributed by atoms with Gasteiger partial charge in [0.15, 0.2) is 4.96 Å². The van der Waals surface area contributed by atoms with Crippen LogP contribution in [0.3, 0.4) is 0 Å². The number of hydrogen-bond acceptors (Lipinski definition) is 4. The van der Waals surface area contributed by atoms with Gasteiger partial charge in [0.2, 0.25) is 0 Å². The molecular formula is C17H24N4OS. The third-order valence-corrected chi connectivity index (χ3v) is 6.65. The van der Waals surface area contributed by atoms with Crippen LogP contribution in [0.15, 0.2) is 17.8 Å². The molecule has 2 aromatic heterocycles. The molecule has 124 valence electrons. The van der Waals surface area contributed by atoms with Crippen LogP contribution >= 0.6 is 11.3 Å². The number of carbonyl (C=O) groups excluding carboxylic acids is 1. The van der Waals surface area contributed by atoms with Gasteiger partial charge in [-0.2, -0.15) is 0 Å². The number of nitrogens with zero attached hydrogens (tertiary/aromatic N) is 4. The zero-order valence-corrected chi connectivity index (χ0v) is 14.8. The highest BCUT2D eigenvalue weighted by molar-refractivity contribution is 7.15. The molecule has 23 heavy (non-hydrogen) atoms. The van der Waals surface area contributed by atoms with Crippen LogP contribution in [-0.4, -0.2) is 58.3 Å². The van der Waals surface area contributed by atoms with Crippen molar-refractivity contribution < 1.29 is 4.79 Å². The molecule has 2 heterocycles. The van der Waals surface area contributed by atoms with Gasteiger partial charge in [0, 0.05) is 36.9 Å². The molecule has 2 aliphatic rings. The summed E-state index contributed by atoms with van der Waals surface area (Å²) in [4.78, 5) is 22.4. The molecule has 0 N–H and O–H groups in total. The first-order chi connectivity index (χ1) is 11.0. The zero-order valence-electron chi connectivity index (χ0n) is 14.0. The Kier molecular flexibility index (Phi) is 3.69. The van der Waals surface area contributed by atoms with Crippen LogP contribution in [0.5, 0.6) is 0 Å². The molecule has 2 saturated carbocycles. The second-order valence-electron chi connectivity index (χ2n) is 7.37. The van der Waals surface area contributed by atoms with Gasteiger partial charge in [-0.25, -0.2) is 4.98 Å². The molecule has 2 unspecified atom stereocenters. The quantitative estimate of drug-likeness (QED) is 0.867. The van der Waals surface area contributed by atoms with E-state index in [0.717, 1.165) is 35.7 Å². The Bertz CT molecular complexity index is 679. The molecule has 1 amide bonds. The lowest BCUT2D eigenvalue weighted by molar-refractivity contribution is 0.0721. The lowest BCUT2D eigenvalue weighted by atomic mass is 10.0. The van der Waals surface area contributed by atoms with Gasteiger partial charge in [-0.1, -0.05) is 0 Å². The first-order valence-corrected chi connectivity index (χ1v) is 9.26. The summed E-state index contributed by atoms with van der Waals surface area (Å²) in [5.41, 5.74) is 0.572. The van der Waals surface area contributed by atoms with Crippen molar-refractivity contribution in [1.82, 2.24) is 19.2 Å². The van der Waals surface area contributed by atoms with Crippen molar-refractivity contribution in [2.75, 3.05) is 21.1 Å². The van der Waals surface area contributed by atoms with Crippen LogP contribution in [0.25, 0.3) is 4.96 Å². The molecule has 2 aromatic rings. The standard InChI is InChI=1S/C17H24N4OS/c1-19(2)13-6-11-8-14(9-12(11)7-13)20(3)16(22)15-10-21-4-5-23-17(21)18-15/h4-5,10-14H,6-9H2,1-3H3/t11-,12+,13?,14?. The van der Waals surface area contributed by atoms with Crippen LogP contribution in [0.2, 0.25) is 0 Å². The topological polar surface area (TPSA) is 40.9 Å². The molecule has 5 nitrogen and oxygen atoms in total. The van der Waals surface area contributed by atoms with Gasteiger partial charge in [-0.05, 0) is 51.6 Å². The molecule has 0 bridgehead atoms. The van der Waals surface area contributed by atoms with Gasteiger partial charge < -0.3 is 9.80 Å². The van der Waals surface area contributed by atoms with E-state index >= 15 is 0 Å². The van der Waals surface area contributed by atoms with E-state index in [1.807, 2.05) is 34.1 Å². The average molecular weight is 332 g/mol. The summed E-state index contributed by atoms with van der Waals surface area (Å²) in [5, 5.41) is 1.99. The Morgan fingerprint density at radius 2 is 1.83 bits per heavy atom. The second-order valence-corrected chi connectivity index (χ2v) is 8.24. The second kappa shape index (κ2) is 5.60. The molecule has 0 spiro atoms. The number of rotatable bonds is 3. The summed E-state index contributed by atoms with van der Waals surface area (Å²) in [6, 6.07) is 1.10. The SMILES string of the molecule is CN(C)C1C[C@@H]2CC(N(C)C(=O)c3cn4ccsc4n3)C[C@@H]2C1. The number of imidazole rings is 1. The maximum Gasteiger partial charge on any atom is 0.274 e. The first-order valence-electron chi connectivity index (χ1n) is 8.38. The van der Waals surface area contributed by atoms with E-state index in [9.17, 15) is 4.79 Å². The fourth-order valence-electron chi connectivity index (χ4n) is 4.47. The number of aromatic nitrogens is 2. The molecule has 2 fully saturated rings. The Balaban J connectivity index is 1.43. The number of carbonyl (C=O) groups is 1. The van der Waals surface area contributed by atoms with Crippen molar-refractivity contribution in [3.05, 3.63) is 23.5 Å². The summed E-state index contributed by atoms with van der Waals surface area (Å²) in [6.07, 6.45) is 8.68. The minimum atomic E-state index is 0.0648. The van der Waals surface area contributed by atoms with Crippen LogP contribution in [0.1, 0.15) is 36.2 Å². The molecule has 4 atom stereocenters. The highest BCUT2D eigenvalue weighted by Gasteiger charge is 2.44. The summed E-state index contributed by atoms with van der Waals surface area (Å²) < 4.78 is 1.93. The van der Waals surface area contributed by atoms with Gasteiger partial charge >= 0.3 is 0 Å². The largest absolute Gasteiger partial charge is 0.337 e. The van der Waals surface area contributed by atoms with E-state index in [2.05, 4.69) is 24.0 Å². The molecule has 0 saturated heterocycles. The molecule has 2 aliphatic carbocycles. The fraction of sp³-hybridized carbons (Fsp3) is 0.647. The van der Waals surface area contributed by atoms with Crippen LogP contribution in [-0.2, 0) is 0 Å². The molecular weight excluding hydrogens is 308 g/mol. The van der Waals surface area contributed by atoms with Crippen molar-refractivity contribution in [1.29, 1.82) is 0 Å². The summed E-state index contributed by atoms with van der Waals surface area (Å²) >= 11 is 1.56. The van der Waals surface area contributed by atoms with E-state index < -0.39 is 0 Å². The maximum absolute atomic E-state index is 12.7. The van der Waals surface area contributed by atoms with Gasteiger partial charge in [0.25, 0.3) is 5.91 Å². The molecule has 0 radical (unpaired) electrons. The Hall–Kier alpha value is -1.40. The van der Waals surface area contributed by atoms with Crippen molar-refractivity contribution in [2.45, 2.75) is 37.8 Å². The van der Waals surface area contributed by atoms with Gasteiger partial charge in [-0.15, -0.1) is 11.3 Å². The van der Waals surface area contributed by atoms with E-state index in [-0.39, 0.29) is 5.91 Å². The molecule has 0 aliphatic heterocycles. The average Bonchev–Trinajstić information content (AvgIpc) is 3.22. The number of hydrogen-bond donors (Lipinski definition) is 0. The van der Waals surface area contributed by atoms with Crippen molar-refractivity contribution >= 4 is 22.2 Å². The van der Waals surface area contributed by atoms with Gasteiger partial charge in [0.1, 0.15) is 5.69 Å². The van der Waals surface area contributed by atoms with Crippen molar-refractivity contribution in [3.63, 3.8) is 0 Å². The molecule has 0 aromatic carbocycles.